The van der Waals surface area contributed by atoms with Gasteiger partial charge in [0.1, 0.15) is 6.61 Å². The Morgan fingerprint density at radius 2 is 1.83 bits per heavy atom. The van der Waals surface area contributed by atoms with Gasteiger partial charge in [0.05, 0.1) is 12.1 Å². The normalized spacial score (nSPS) is 22.5. The Bertz CT molecular complexity index is 739. The van der Waals surface area contributed by atoms with Gasteiger partial charge in [0.2, 0.25) is 0 Å². The minimum atomic E-state index is 0.279. The number of aliphatic imine (C=N–C) groups is 1. The molecule has 124 valence electrons. The molecule has 2 aliphatic heterocycles. The zero-order valence-electron chi connectivity index (χ0n) is 14.4. The molecule has 2 aromatic rings. The van der Waals surface area contributed by atoms with Crippen LogP contribution in [0.25, 0.3) is 0 Å². The van der Waals surface area contributed by atoms with Gasteiger partial charge in [-0.25, -0.2) is 4.99 Å². The molecule has 4 rings (SSSR count). The zero-order chi connectivity index (χ0) is 16.5. The number of hydrogen-bond donors (Lipinski definition) is 0. The maximum atomic E-state index is 5.99. The van der Waals surface area contributed by atoms with E-state index < -0.39 is 0 Å². The Morgan fingerprint density at radius 3 is 2.58 bits per heavy atom. The molecule has 0 saturated carbocycles. The molecule has 3 heteroatoms. The number of fused-ring (bicyclic) bond motifs is 1. The van der Waals surface area contributed by atoms with Gasteiger partial charge in [0.15, 0.2) is 0 Å². The number of rotatable bonds is 3. The highest BCUT2D eigenvalue weighted by molar-refractivity contribution is 5.77. The summed E-state index contributed by atoms with van der Waals surface area (Å²) in [6, 6.07) is 20.8. The van der Waals surface area contributed by atoms with Crippen LogP contribution in [0, 0.1) is 5.92 Å². The molecular formula is C21H24N2O. The van der Waals surface area contributed by atoms with Gasteiger partial charge in [-0.1, -0.05) is 68.4 Å². The van der Waals surface area contributed by atoms with Gasteiger partial charge in [0, 0.05) is 6.54 Å². The first-order valence-electron chi connectivity index (χ1n) is 8.81. The van der Waals surface area contributed by atoms with Gasteiger partial charge in [-0.15, -0.1) is 0 Å². The minimum Gasteiger partial charge on any atom is -0.463 e. The fourth-order valence-corrected chi connectivity index (χ4v) is 3.60. The van der Waals surface area contributed by atoms with Crippen molar-refractivity contribution >= 4 is 6.02 Å². The van der Waals surface area contributed by atoms with E-state index in [9.17, 15) is 0 Å². The van der Waals surface area contributed by atoms with Crippen LogP contribution in [-0.4, -0.2) is 23.6 Å². The van der Waals surface area contributed by atoms with Crippen LogP contribution in [0.5, 0.6) is 0 Å². The van der Waals surface area contributed by atoms with E-state index in [2.05, 4.69) is 73.3 Å². The molecule has 0 unspecified atom stereocenters. The van der Waals surface area contributed by atoms with Crippen LogP contribution in [0.3, 0.4) is 0 Å². The molecule has 0 amide bonds. The number of benzene rings is 2. The third kappa shape index (κ3) is 2.79. The van der Waals surface area contributed by atoms with E-state index in [1.165, 1.54) is 16.7 Å². The van der Waals surface area contributed by atoms with Crippen LogP contribution in [0.15, 0.2) is 59.6 Å². The molecule has 0 saturated heterocycles. The average Bonchev–Trinajstić information content (AvgIpc) is 3.21. The third-order valence-electron chi connectivity index (χ3n) is 5.08. The smallest absolute Gasteiger partial charge is 0.288 e. The second-order valence-electron chi connectivity index (χ2n) is 7.07. The quantitative estimate of drug-likeness (QED) is 0.847. The SMILES string of the molecule is CC(C)[C@H]1COC(N2Cc3ccccc3[C@H]2Cc2ccccc2)=N1. The molecule has 0 bridgehead atoms. The van der Waals surface area contributed by atoms with Crippen LogP contribution in [-0.2, 0) is 17.7 Å². The minimum absolute atomic E-state index is 0.279. The fourth-order valence-electron chi connectivity index (χ4n) is 3.60. The molecule has 0 N–H and O–H groups in total. The van der Waals surface area contributed by atoms with Crippen molar-refractivity contribution in [2.75, 3.05) is 6.61 Å². The second-order valence-corrected chi connectivity index (χ2v) is 7.07. The molecule has 24 heavy (non-hydrogen) atoms. The van der Waals surface area contributed by atoms with E-state index in [1.807, 2.05) is 0 Å². The first-order chi connectivity index (χ1) is 11.7. The van der Waals surface area contributed by atoms with Gasteiger partial charge in [-0.3, -0.25) is 0 Å². The molecule has 0 aliphatic carbocycles. The first kappa shape index (κ1) is 15.3. The van der Waals surface area contributed by atoms with E-state index in [-0.39, 0.29) is 6.04 Å². The van der Waals surface area contributed by atoms with Gasteiger partial charge in [-0.05, 0) is 29.0 Å². The van der Waals surface area contributed by atoms with Gasteiger partial charge in [0.25, 0.3) is 6.02 Å². The third-order valence-corrected chi connectivity index (χ3v) is 5.08. The van der Waals surface area contributed by atoms with Crippen molar-refractivity contribution in [1.29, 1.82) is 0 Å². The highest BCUT2D eigenvalue weighted by atomic mass is 16.5. The van der Waals surface area contributed by atoms with Crippen LogP contribution in [0.4, 0.5) is 0 Å². The monoisotopic (exact) mass is 320 g/mol. The van der Waals surface area contributed by atoms with Crippen molar-refractivity contribution in [2.24, 2.45) is 10.9 Å². The Kier molecular flexibility index (Phi) is 4.01. The summed E-state index contributed by atoms with van der Waals surface area (Å²) in [4.78, 5) is 7.21. The van der Waals surface area contributed by atoms with E-state index in [1.54, 1.807) is 0 Å². The highest BCUT2D eigenvalue weighted by Crippen LogP contribution is 2.37. The maximum absolute atomic E-state index is 5.99. The summed E-state index contributed by atoms with van der Waals surface area (Å²) in [6.07, 6.45) is 0.979. The van der Waals surface area contributed by atoms with Crippen LogP contribution >= 0.6 is 0 Å². The molecule has 2 aliphatic rings. The van der Waals surface area contributed by atoms with Gasteiger partial charge >= 0.3 is 0 Å². The van der Waals surface area contributed by atoms with Crippen LogP contribution < -0.4 is 0 Å². The molecular weight excluding hydrogens is 296 g/mol. The topological polar surface area (TPSA) is 24.8 Å². The maximum Gasteiger partial charge on any atom is 0.288 e. The highest BCUT2D eigenvalue weighted by Gasteiger charge is 2.36. The molecule has 2 heterocycles. The lowest BCUT2D eigenvalue weighted by Gasteiger charge is -2.26. The lowest BCUT2D eigenvalue weighted by molar-refractivity contribution is 0.217. The Balaban J connectivity index is 1.65. The lowest BCUT2D eigenvalue weighted by atomic mass is 9.98. The first-order valence-corrected chi connectivity index (χ1v) is 8.81. The molecule has 0 fully saturated rings. The van der Waals surface area contributed by atoms with E-state index >= 15 is 0 Å². The van der Waals surface area contributed by atoms with Crippen LogP contribution in [0.2, 0.25) is 0 Å². The number of ether oxygens (including phenoxy) is 1. The van der Waals surface area contributed by atoms with Crippen molar-refractivity contribution in [1.82, 2.24) is 4.90 Å². The summed E-state index contributed by atoms with van der Waals surface area (Å²) in [5, 5.41) is 0. The predicted octanol–water partition coefficient (Wildman–Crippen LogP) is 4.20. The van der Waals surface area contributed by atoms with E-state index in [4.69, 9.17) is 9.73 Å². The van der Waals surface area contributed by atoms with Gasteiger partial charge in [-0.2, -0.15) is 0 Å². The molecule has 3 nitrogen and oxygen atoms in total. The summed E-state index contributed by atoms with van der Waals surface area (Å²) in [7, 11) is 0. The van der Waals surface area contributed by atoms with Crippen molar-refractivity contribution in [3.8, 4) is 0 Å². The largest absolute Gasteiger partial charge is 0.463 e. The summed E-state index contributed by atoms with van der Waals surface area (Å²) >= 11 is 0. The summed E-state index contributed by atoms with van der Waals surface area (Å²) < 4.78 is 5.99. The Morgan fingerprint density at radius 1 is 1.08 bits per heavy atom. The Hall–Kier alpha value is -2.29. The van der Waals surface area contributed by atoms with Gasteiger partial charge < -0.3 is 9.64 Å². The molecule has 2 aromatic carbocycles. The zero-order valence-corrected chi connectivity index (χ0v) is 14.4. The number of nitrogens with zero attached hydrogens (tertiary/aromatic N) is 2. The van der Waals surface area contributed by atoms with Crippen molar-refractivity contribution in [3.05, 3.63) is 71.3 Å². The molecule has 0 aromatic heterocycles. The summed E-state index contributed by atoms with van der Waals surface area (Å²) in [5.41, 5.74) is 4.14. The van der Waals surface area contributed by atoms with Crippen molar-refractivity contribution in [2.45, 2.75) is 38.9 Å². The van der Waals surface area contributed by atoms with E-state index in [0.29, 0.717) is 18.6 Å². The van der Waals surface area contributed by atoms with Crippen molar-refractivity contribution < 1.29 is 4.74 Å². The average molecular weight is 320 g/mol. The molecule has 2 atom stereocenters. The Labute approximate surface area is 144 Å². The summed E-state index contributed by atoms with van der Waals surface area (Å²) in [5.74, 6) is 0.514. The standard InChI is InChI=1S/C21H24N2O/c1-15(2)19-14-24-21(22-19)23-13-17-10-6-7-11-18(17)20(23)12-16-8-4-3-5-9-16/h3-11,15,19-20H,12-14H2,1-2H3/t19-,20-/m1/s1. The predicted molar refractivity (Wildman–Crippen MR) is 96.9 cm³/mol. The second kappa shape index (κ2) is 6.31. The summed E-state index contributed by atoms with van der Waals surface area (Å²) in [6.45, 7) is 6.01. The number of amidine groups is 1. The van der Waals surface area contributed by atoms with Crippen molar-refractivity contribution in [3.63, 3.8) is 0 Å². The molecule has 0 spiro atoms. The lowest BCUT2D eigenvalue weighted by Crippen LogP contribution is -2.31. The van der Waals surface area contributed by atoms with Crippen LogP contribution in [0.1, 0.15) is 36.6 Å². The fraction of sp³-hybridized carbons (Fsp3) is 0.381. The molecule has 0 radical (unpaired) electrons. The van der Waals surface area contributed by atoms with E-state index in [0.717, 1.165) is 19.0 Å². The number of hydrogen-bond acceptors (Lipinski definition) is 3.